The van der Waals surface area contributed by atoms with Crippen LogP contribution >= 0.6 is 21.6 Å². The molecule has 0 saturated carbocycles. The molecule has 2 N–H and O–H groups in total. The maximum atomic E-state index is 8.89. The molecule has 0 radical (unpaired) electrons. The first-order chi connectivity index (χ1) is 26.0. The van der Waals surface area contributed by atoms with Crippen LogP contribution in [0.4, 0.5) is 0 Å². The number of aromatic amines is 2. The van der Waals surface area contributed by atoms with Gasteiger partial charge in [0.1, 0.15) is 25.1 Å². The van der Waals surface area contributed by atoms with Crippen molar-refractivity contribution in [3.63, 3.8) is 0 Å². The summed E-state index contributed by atoms with van der Waals surface area (Å²) < 4.78 is 16.8. The Hall–Kier alpha value is -5.59. The number of pyridine rings is 2. The summed E-state index contributed by atoms with van der Waals surface area (Å²) in [4.78, 5) is 26.4. The topological polar surface area (TPSA) is 132 Å². The Bertz CT molecular complexity index is 2980. The summed E-state index contributed by atoms with van der Waals surface area (Å²) in [6, 6.07) is 12.7. The second-order valence-electron chi connectivity index (χ2n) is 14.0. The lowest BCUT2D eigenvalue weighted by Crippen LogP contribution is -2.26. The van der Waals surface area contributed by atoms with E-state index < -0.39 is 5.97 Å². The molecule has 0 amide bonds. The smallest absolute Gasteiger partial charge is 0.206 e. The van der Waals surface area contributed by atoms with E-state index >= 15 is 0 Å². The fourth-order valence-electron chi connectivity index (χ4n) is 8.05. The van der Waals surface area contributed by atoms with Gasteiger partial charge in [-0.1, -0.05) is 21.6 Å². The zero-order valence-electron chi connectivity index (χ0n) is 30.9. The van der Waals surface area contributed by atoms with Gasteiger partial charge in [-0.15, -0.1) is 0 Å². The second-order valence-corrected chi connectivity index (χ2v) is 16.5. The van der Waals surface area contributed by atoms with Crippen LogP contribution in [0.15, 0.2) is 70.0 Å². The number of nitrogens with zero attached hydrogens (tertiary/aromatic N) is 4. The average Bonchev–Trinajstić information content (AvgIpc) is 3.93. The largest absolute Gasteiger partial charge is 0.550 e. The minimum atomic E-state index is -1.08. The summed E-state index contributed by atoms with van der Waals surface area (Å²) >= 11 is 0. The predicted octanol–water partition coefficient (Wildman–Crippen LogP) is 8.26. The Balaban J connectivity index is 0.000000918. The fraction of sp³-hybridized carbons (Fsp3) is 0.214. The van der Waals surface area contributed by atoms with E-state index in [2.05, 4.69) is 110 Å². The highest BCUT2D eigenvalue weighted by molar-refractivity contribution is 8.76. The number of fused-ring (bicyclic) bond motifs is 12. The van der Waals surface area contributed by atoms with Crippen molar-refractivity contribution >= 4 is 115 Å². The molecule has 54 heavy (non-hydrogen) atoms. The Kier molecular flexibility index (Phi) is 8.09. The lowest BCUT2D eigenvalue weighted by atomic mass is 9.96. The van der Waals surface area contributed by atoms with Crippen molar-refractivity contribution in [3.05, 3.63) is 95.2 Å². The van der Waals surface area contributed by atoms with Crippen LogP contribution in [-0.2, 0) is 30.4 Å². The minimum absolute atomic E-state index is 0.635. The van der Waals surface area contributed by atoms with Crippen molar-refractivity contribution in [2.45, 2.75) is 46.1 Å². The first kappa shape index (κ1) is 34.2. The Morgan fingerprint density at radius 1 is 0.648 bits per heavy atom. The molecule has 0 fully saturated rings. The van der Waals surface area contributed by atoms with Gasteiger partial charge >= 0.3 is 0 Å². The molecule has 0 unspecified atom stereocenters. The summed E-state index contributed by atoms with van der Waals surface area (Å²) in [6.45, 7) is 9.79. The number of rotatable bonds is 5. The third-order valence-corrected chi connectivity index (χ3v) is 12.6. The minimum Gasteiger partial charge on any atom is -0.550 e. The number of aliphatic carboxylic acids is 1. The Morgan fingerprint density at radius 3 is 1.46 bits per heavy atom. The lowest BCUT2D eigenvalue weighted by molar-refractivity contribution is -0.670. The molecule has 0 spiro atoms. The predicted molar refractivity (Wildman–Crippen MR) is 216 cm³/mol. The Labute approximate surface area is 317 Å². The van der Waals surface area contributed by atoms with Crippen LogP contribution in [0.25, 0.3) is 87.4 Å². The van der Waals surface area contributed by atoms with Crippen LogP contribution in [0, 0.1) is 27.7 Å². The van der Waals surface area contributed by atoms with E-state index in [-0.39, 0.29) is 0 Å². The SMILES string of the molecule is CC(=O)[O-].Cc1c2cc[n+](C)cc2c(C)c2c1[nH]c1ccc3oc(CSSCc4nc5c(ccc6[nH]c7c(C)c8cc[n+](C)cc8c(C)c7c65)o4)nc3c12. The summed E-state index contributed by atoms with van der Waals surface area (Å²) in [5.74, 6) is 1.61. The van der Waals surface area contributed by atoms with Crippen LogP contribution in [0.5, 0.6) is 0 Å². The maximum Gasteiger partial charge on any atom is 0.206 e. The molecule has 10 aromatic rings. The van der Waals surface area contributed by atoms with Gasteiger partial charge in [0, 0.05) is 61.5 Å². The highest BCUT2D eigenvalue weighted by Crippen LogP contribution is 2.42. The average molecular weight is 754 g/mol. The third kappa shape index (κ3) is 5.38. The van der Waals surface area contributed by atoms with Crippen LogP contribution < -0.4 is 14.2 Å². The fourth-order valence-corrected chi connectivity index (χ4v) is 9.77. The molecule has 0 saturated heterocycles. The lowest BCUT2D eigenvalue weighted by Gasteiger charge is -2.07. The molecule has 6 heterocycles. The van der Waals surface area contributed by atoms with Crippen molar-refractivity contribution in [1.82, 2.24) is 19.9 Å². The van der Waals surface area contributed by atoms with E-state index in [1.54, 1.807) is 21.6 Å². The second kappa shape index (κ2) is 12.8. The number of benzene rings is 4. The number of carbonyl (C=O) groups excluding carboxylic acids is 1. The molecular formula is C42H37N6O4S2+. The van der Waals surface area contributed by atoms with E-state index in [9.17, 15) is 0 Å². The van der Waals surface area contributed by atoms with Gasteiger partial charge in [0.2, 0.25) is 11.8 Å². The number of H-pyrrole nitrogens is 2. The molecule has 0 aliphatic heterocycles. The molecule has 10 nitrogen and oxygen atoms in total. The van der Waals surface area contributed by atoms with Crippen molar-refractivity contribution in [1.29, 1.82) is 0 Å². The van der Waals surface area contributed by atoms with E-state index in [1.165, 1.54) is 54.6 Å². The molecule has 0 bridgehead atoms. The van der Waals surface area contributed by atoms with Crippen molar-refractivity contribution < 1.29 is 27.9 Å². The maximum absolute atomic E-state index is 8.89. The zero-order chi connectivity index (χ0) is 37.6. The van der Waals surface area contributed by atoms with Crippen molar-refractivity contribution in [2.75, 3.05) is 0 Å². The van der Waals surface area contributed by atoms with Crippen LogP contribution in [0.2, 0.25) is 0 Å². The number of aryl methyl sites for hydroxylation is 6. The molecule has 12 heteroatoms. The van der Waals surface area contributed by atoms with Crippen LogP contribution in [0.3, 0.4) is 0 Å². The number of aromatic nitrogens is 6. The van der Waals surface area contributed by atoms with Gasteiger partial charge < -0.3 is 28.7 Å². The summed E-state index contributed by atoms with van der Waals surface area (Å²) in [7, 11) is 7.55. The van der Waals surface area contributed by atoms with E-state index in [0.29, 0.717) is 23.3 Å². The molecule has 10 rings (SSSR count). The van der Waals surface area contributed by atoms with Crippen LogP contribution in [-0.4, -0.2) is 25.9 Å². The van der Waals surface area contributed by atoms with Gasteiger partial charge in [0.05, 0.1) is 22.5 Å². The first-order valence-electron chi connectivity index (χ1n) is 17.6. The van der Waals surface area contributed by atoms with Crippen molar-refractivity contribution in [3.8, 4) is 0 Å². The van der Waals surface area contributed by atoms with Gasteiger partial charge in [-0.3, -0.25) is 0 Å². The van der Waals surface area contributed by atoms with E-state index in [1.807, 2.05) is 12.1 Å². The summed E-state index contributed by atoms with van der Waals surface area (Å²) in [6.07, 6.45) is 8.64. The highest BCUT2D eigenvalue weighted by Gasteiger charge is 2.22. The van der Waals surface area contributed by atoms with Gasteiger partial charge in [-0.25, -0.2) is 19.1 Å². The third-order valence-electron chi connectivity index (χ3n) is 10.5. The number of nitrogens with one attached hydrogen (secondary N) is 2. The molecule has 6 aromatic heterocycles. The van der Waals surface area contributed by atoms with Gasteiger partial charge in [0.15, 0.2) is 36.0 Å². The number of carbonyl (C=O) groups is 1. The zero-order valence-corrected chi connectivity index (χ0v) is 32.6. The molecule has 0 atom stereocenters. The molecule has 4 aromatic carbocycles. The normalized spacial score (nSPS) is 12.1. The van der Waals surface area contributed by atoms with Crippen LogP contribution in [0.1, 0.15) is 41.0 Å². The number of oxazole rings is 2. The quantitative estimate of drug-likeness (QED) is 0.102. The van der Waals surface area contributed by atoms with E-state index in [0.717, 1.165) is 62.0 Å². The van der Waals surface area contributed by atoms with Gasteiger partial charge in [-0.05, 0) is 91.9 Å². The monoisotopic (exact) mass is 753 g/mol. The first-order valence-corrected chi connectivity index (χ1v) is 20.1. The van der Waals surface area contributed by atoms with Gasteiger partial charge in [0.25, 0.3) is 0 Å². The number of hydrogen-bond acceptors (Lipinski definition) is 8. The number of carboxylic acids is 1. The number of carboxylic acid groups (broad SMARTS) is 1. The van der Waals surface area contributed by atoms with Crippen molar-refractivity contribution in [2.24, 2.45) is 14.1 Å². The molecule has 0 aliphatic rings. The van der Waals surface area contributed by atoms with Gasteiger partial charge in [-0.2, -0.15) is 0 Å². The standard InChI is InChI=1S/C40H32N6O2S2.C2H4O2/c1-19-25-15-45(5)13-11-23(25)21(3)37-33(19)35-27(41-37)7-9-29-39(35)43-31(47-29)17-49-50-18-32-44-40-30(48-32)10-8-28-36(40)34-20(2)26-16-46(6)14-12-24(26)22(4)38(34)42-28;1-2(3)4/h7-16H,17-18H2,1-6H3;1H3,(H,3,4)/p+1. The molecule has 0 aliphatic carbocycles. The molecular weight excluding hydrogens is 717 g/mol. The Morgan fingerprint density at radius 2 is 1.06 bits per heavy atom. The van der Waals surface area contributed by atoms with E-state index in [4.69, 9.17) is 28.7 Å². The molecule has 270 valence electrons. The summed E-state index contributed by atoms with van der Waals surface area (Å²) in [5.41, 5.74) is 12.9. The summed E-state index contributed by atoms with van der Waals surface area (Å²) in [5, 5.41) is 18.6. The highest BCUT2D eigenvalue weighted by atomic mass is 33.1. The number of hydrogen-bond donors (Lipinski definition) is 2.